The zero-order valence-corrected chi connectivity index (χ0v) is 25.0. The summed E-state index contributed by atoms with van der Waals surface area (Å²) in [5.41, 5.74) is 0. The van der Waals surface area contributed by atoms with E-state index in [1.807, 2.05) is 0 Å². The molecule has 9 heavy (non-hydrogen) atoms. The Morgan fingerprint density at radius 1 is 0.222 bits per heavy atom. The SMILES string of the molecule is [GeH].[GeH].[GeH].[GeH].[Ge].[Ge].[Ge].[Ge].[Ge]. The molecule has 0 aromatic carbocycles. The van der Waals surface area contributed by atoms with Crippen molar-refractivity contribution in [3.8, 4) is 0 Å². The van der Waals surface area contributed by atoms with Crippen molar-refractivity contribution in [3.05, 3.63) is 0 Å². The molecule has 32 radical (unpaired) electrons. The zero-order valence-electron chi connectivity index (χ0n) is 4.81. The second kappa shape index (κ2) is 76.3. The van der Waals surface area contributed by atoms with Crippen LogP contribution in [0, 0.1) is 0 Å². The Morgan fingerprint density at radius 3 is 0.222 bits per heavy atom. The molecule has 0 heterocycles. The van der Waals surface area contributed by atoms with Crippen LogP contribution in [-0.4, -0.2) is 158 Å². The number of hydrogen-bond donors (Lipinski definition) is 0. The van der Waals surface area contributed by atoms with E-state index in [9.17, 15) is 0 Å². The van der Waals surface area contributed by atoms with Crippen molar-refractivity contribution in [2.24, 2.45) is 0 Å². The topological polar surface area (TPSA) is 0 Å². The third-order valence-electron chi connectivity index (χ3n) is 0. The van der Waals surface area contributed by atoms with E-state index in [1.165, 1.54) is 0 Å². The monoisotopic (exact) mass is 669 g/mol. The molecule has 0 bridgehead atoms. The molecule has 0 N–H and O–H groups in total. The molecule has 0 fully saturated rings. The van der Waals surface area contributed by atoms with E-state index in [2.05, 4.69) is 0 Å². The van der Waals surface area contributed by atoms with E-state index < -0.39 is 0 Å². The van der Waals surface area contributed by atoms with Crippen LogP contribution in [0.3, 0.4) is 0 Å². The average Bonchev–Trinajstić information content (AvgIpc) is 0. The van der Waals surface area contributed by atoms with Crippen LogP contribution in [0.15, 0.2) is 0 Å². The normalized spacial score (nSPS) is 0. The fourth-order valence-corrected chi connectivity index (χ4v) is 0. The molecule has 0 aliphatic rings. The van der Waals surface area contributed by atoms with Gasteiger partial charge < -0.3 is 0 Å². The molecule has 0 spiro atoms. The van der Waals surface area contributed by atoms with Gasteiger partial charge in [0, 0.05) is 88.0 Å². The first-order valence-electron chi connectivity index (χ1n) is 0. The van der Waals surface area contributed by atoms with Crippen LogP contribution in [0.25, 0.3) is 0 Å². The van der Waals surface area contributed by atoms with Crippen molar-refractivity contribution in [2.45, 2.75) is 0 Å². The molecular formula is H4Ge9. The Bertz CT molecular complexity index is 0. The standard InChI is InChI=1S/4GeH.5Ge/h4*1H;;;;;. The molecule has 9 heteroatoms. The molecule has 0 saturated heterocycles. The molecule has 0 unspecified atom stereocenters. The van der Waals surface area contributed by atoms with Gasteiger partial charge in [0.15, 0.2) is 0 Å². The third kappa shape index (κ3) is 64.0. The van der Waals surface area contributed by atoms with Crippen LogP contribution in [0.4, 0.5) is 0 Å². The van der Waals surface area contributed by atoms with Crippen LogP contribution in [0.5, 0.6) is 0 Å². The third-order valence-corrected chi connectivity index (χ3v) is 0. The summed E-state index contributed by atoms with van der Waals surface area (Å²) in [4.78, 5) is 0. The van der Waals surface area contributed by atoms with Gasteiger partial charge in [0.2, 0.25) is 0 Å². The first-order chi connectivity index (χ1) is 0. The van der Waals surface area contributed by atoms with E-state index in [1.54, 1.807) is 0 Å². The number of rotatable bonds is 0. The smallest absolute Gasteiger partial charge is 0 e. The van der Waals surface area contributed by atoms with Gasteiger partial charge in [-0.3, -0.25) is 0 Å². The molecule has 0 rings (SSSR count). The predicted octanol–water partition coefficient (Wildman–Crippen LogP) is -4.50. The Balaban J connectivity index is 0. The summed E-state index contributed by atoms with van der Waals surface area (Å²) >= 11 is 0. The van der Waals surface area contributed by atoms with Crippen molar-refractivity contribution in [3.63, 3.8) is 0 Å². The molecular weight excluding hydrogens is 653 g/mol. The van der Waals surface area contributed by atoms with E-state index in [-0.39, 0.29) is 158 Å². The number of hydrogen-bond acceptors (Lipinski definition) is 0. The van der Waals surface area contributed by atoms with E-state index in [0.717, 1.165) is 0 Å². The minimum atomic E-state index is 0. The van der Waals surface area contributed by atoms with Gasteiger partial charge >= 0.3 is 70.4 Å². The van der Waals surface area contributed by atoms with Crippen LogP contribution >= 0.6 is 0 Å². The Morgan fingerprint density at radius 2 is 0.222 bits per heavy atom. The first kappa shape index (κ1) is 96.6. The quantitative estimate of drug-likeness (QED) is 0.231. The Labute approximate surface area is 155 Å². The maximum Gasteiger partial charge on any atom is 0 e. The van der Waals surface area contributed by atoms with Crippen LogP contribution in [-0.2, 0) is 0 Å². The van der Waals surface area contributed by atoms with Gasteiger partial charge in [-0.05, 0) is 0 Å². The van der Waals surface area contributed by atoms with E-state index in [4.69, 9.17) is 0 Å². The van der Waals surface area contributed by atoms with Gasteiger partial charge in [0.1, 0.15) is 0 Å². The molecule has 0 atom stereocenters. The summed E-state index contributed by atoms with van der Waals surface area (Å²) in [5.74, 6) is 0. The van der Waals surface area contributed by atoms with Gasteiger partial charge in [0.25, 0.3) is 0 Å². The fourth-order valence-electron chi connectivity index (χ4n) is 0. The van der Waals surface area contributed by atoms with Gasteiger partial charge in [-0.2, -0.15) is 0 Å². The van der Waals surface area contributed by atoms with E-state index in [0.29, 0.717) is 0 Å². The summed E-state index contributed by atoms with van der Waals surface area (Å²) < 4.78 is 0. The molecule has 40 valence electrons. The maximum atomic E-state index is 0. The molecule has 0 aromatic rings. The molecule has 0 aliphatic carbocycles. The Kier molecular flexibility index (Phi) is 818. The van der Waals surface area contributed by atoms with Crippen LogP contribution in [0.2, 0.25) is 0 Å². The van der Waals surface area contributed by atoms with E-state index >= 15 is 0 Å². The Hall–Kier alpha value is 4.89. The van der Waals surface area contributed by atoms with Gasteiger partial charge in [-0.25, -0.2) is 0 Å². The average molecular weight is 658 g/mol. The minimum Gasteiger partial charge on any atom is 0 e. The summed E-state index contributed by atoms with van der Waals surface area (Å²) in [6.07, 6.45) is 0. The molecule has 0 aliphatic heterocycles. The van der Waals surface area contributed by atoms with Crippen molar-refractivity contribution < 1.29 is 0 Å². The minimum absolute atomic E-state index is 0. The molecule has 0 amide bonds. The molecule has 0 saturated carbocycles. The van der Waals surface area contributed by atoms with Crippen molar-refractivity contribution >= 4 is 158 Å². The van der Waals surface area contributed by atoms with Crippen molar-refractivity contribution in [1.29, 1.82) is 0 Å². The van der Waals surface area contributed by atoms with Crippen LogP contribution in [0.1, 0.15) is 0 Å². The van der Waals surface area contributed by atoms with Crippen molar-refractivity contribution in [1.82, 2.24) is 0 Å². The summed E-state index contributed by atoms with van der Waals surface area (Å²) in [6, 6.07) is 0. The molecule has 0 nitrogen and oxygen atoms in total. The van der Waals surface area contributed by atoms with Gasteiger partial charge in [-0.15, -0.1) is 0 Å². The first-order valence-corrected chi connectivity index (χ1v) is 0. The van der Waals surface area contributed by atoms with Gasteiger partial charge in [-0.1, -0.05) is 0 Å². The zero-order chi connectivity index (χ0) is 0. The largest absolute Gasteiger partial charge is 0 e. The summed E-state index contributed by atoms with van der Waals surface area (Å²) in [6.45, 7) is 0. The van der Waals surface area contributed by atoms with Crippen LogP contribution < -0.4 is 0 Å². The van der Waals surface area contributed by atoms with Crippen molar-refractivity contribution in [2.75, 3.05) is 0 Å². The summed E-state index contributed by atoms with van der Waals surface area (Å²) in [7, 11) is 0. The molecule has 0 aromatic heterocycles. The second-order valence-electron chi connectivity index (χ2n) is 0. The second-order valence-corrected chi connectivity index (χ2v) is 0. The van der Waals surface area contributed by atoms with Gasteiger partial charge in [0.05, 0.1) is 0 Å². The summed E-state index contributed by atoms with van der Waals surface area (Å²) in [5, 5.41) is 0. The fraction of sp³-hybridized carbons (Fsp3) is 0. The predicted molar refractivity (Wildman–Crippen MR) is 57.4 cm³/mol. The maximum absolute atomic E-state index is 0.